The first-order valence-electron chi connectivity index (χ1n) is 3.20. The van der Waals surface area contributed by atoms with Crippen molar-refractivity contribution in [2.75, 3.05) is 0 Å². The molecule has 1 aliphatic rings. The minimum absolute atomic E-state index is 0.0949. The molecule has 0 saturated heterocycles. The molecule has 3 heteroatoms. The normalized spacial score (nSPS) is 34.8. The highest BCUT2D eigenvalue weighted by molar-refractivity contribution is 5.71. The maximum Gasteiger partial charge on any atom is 0.308 e. The van der Waals surface area contributed by atoms with Gasteiger partial charge in [0.25, 0.3) is 0 Å². The minimum atomic E-state index is -0.736. The topological polar surface area (TPSA) is 63.3 Å². The molecule has 1 aliphatic carbocycles. The second-order valence-corrected chi connectivity index (χ2v) is 2.54. The zero-order chi connectivity index (χ0) is 6.85. The largest absolute Gasteiger partial charge is 0.481 e. The van der Waals surface area contributed by atoms with Crippen molar-refractivity contribution in [3.8, 4) is 0 Å². The molecule has 0 radical (unpaired) electrons. The van der Waals surface area contributed by atoms with Crippen LogP contribution in [0, 0.1) is 5.92 Å². The molecule has 1 fully saturated rings. The third-order valence-corrected chi connectivity index (χ3v) is 1.89. The van der Waals surface area contributed by atoms with E-state index in [2.05, 4.69) is 0 Å². The van der Waals surface area contributed by atoms with E-state index in [1.54, 1.807) is 0 Å². The van der Waals surface area contributed by atoms with Crippen molar-refractivity contribution >= 4 is 5.97 Å². The van der Waals surface area contributed by atoms with Crippen LogP contribution in [0.2, 0.25) is 0 Å². The van der Waals surface area contributed by atoms with Gasteiger partial charge in [-0.25, -0.2) is 0 Å². The molecule has 52 valence electrons. The first kappa shape index (κ1) is 6.55. The maximum atomic E-state index is 10.3. The average Bonchev–Trinajstić information content (AvgIpc) is 2.13. The van der Waals surface area contributed by atoms with Crippen LogP contribution < -0.4 is 5.73 Å². The van der Waals surface area contributed by atoms with Gasteiger partial charge in [0.1, 0.15) is 0 Å². The summed E-state index contributed by atoms with van der Waals surface area (Å²) in [5.41, 5.74) is 5.50. The fourth-order valence-corrected chi connectivity index (χ4v) is 1.30. The third-order valence-electron chi connectivity index (χ3n) is 1.89. The van der Waals surface area contributed by atoms with E-state index in [9.17, 15) is 4.79 Å². The zero-order valence-corrected chi connectivity index (χ0v) is 5.21. The van der Waals surface area contributed by atoms with E-state index in [1.807, 2.05) is 0 Å². The number of rotatable bonds is 1. The van der Waals surface area contributed by atoms with Crippen molar-refractivity contribution in [2.45, 2.75) is 25.3 Å². The quantitative estimate of drug-likeness (QED) is 0.531. The van der Waals surface area contributed by atoms with Crippen LogP contribution in [0.5, 0.6) is 0 Å². The number of nitrogens with two attached hydrogens (primary N) is 1. The van der Waals surface area contributed by atoms with E-state index in [0.717, 1.165) is 19.3 Å². The fourth-order valence-electron chi connectivity index (χ4n) is 1.30. The van der Waals surface area contributed by atoms with Gasteiger partial charge in [-0.1, -0.05) is 6.42 Å². The van der Waals surface area contributed by atoms with Crippen molar-refractivity contribution in [1.82, 2.24) is 0 Å². The van der Waals surface area contributed by atoms with Gasteiger partial charge in [0.15, 0.2) is 0 Å². The Kier molecular flexibility index (Phi) is 1.71. The monoisotopic (exact) mass is 129 g/mol. The van der Waals surface area contributed by atoms with Gasteiger partial charge in [-0.2, -0.15) is 0 Å². The van der Waals surface area contributed by atoms with E-state index < -0.39 is 5.97 Å². The fraction of sp³-hybridized carbons (Fsp3) is 0.833. The molecule has 1 rings (SSSR count). The second-order valence-electron chi connectivity index (χ2n) is 2.54. The second kappa shape index (κ2) is 2.35. The Bertz CT molecular complexity index is 124. The van der Waals surface area contributed by atoms with Crippen LogP contribution >= 0.6 is 0 Å². The van der Waals surface area contributed by atoms with Crippen LogP contribution in [-0.4, -0.2) is 17.1 Å². The highest BCUT2D eigenvalue weighted by atomic mass is 16.4. The van der Waals surface area contributed by atoms with Crippen LogP contribution in [0.15, 0.2) is 0 Å². The van der Waals surface area contributed by atoms with Gasteiger partial charge in [0.2, 0.25) is 0 Å². The van der Waals surface area contributed by atoms with Crippen LogP contribution in [0.3, 0.4) is 0 Å². The lowest BCUT2D eigenvalue weighted by molar-refractivity contribution is -0.141. The highest BCUT2D eigenvalue weighted by Crippen LogP contribution is 2.23. The molecular weight excluding hydrogens is 118 g/mol. The smallest absolute Gasteiger partial charge is 0.308 e. The molecule has 0 heterocycles. The Morgan fingerprint density at radius 2 is 2.22 bits per heavy atom. The Hall–Kier alpha value is -0.570. The standard InChI is InChI=1S/C6H11NO2/c7-5-3-1-2-4(5)6(8)9/h4-5H,1-3,7H2,(H,8,9)/t4?,5-/m0/s1. The lowest BCUT2D eigenvalue weighted by Gasteiger charge is -2.07. The average molecular weight is 129 g/mol. The molecule has 0 spiro atoms. The summed E-state index contributed by atoms with van der Waals surface area (Å²) in [4.78, 5) is 10.3. The Labute approximate surface area is 53.9 Å². The summed E-state index contributed by atoms with van der Waals surface area (Å²) in [6, 6.07) is -0.0949. The van der Waals surface area contributed by atoms with Crippen molar-refractivity contribution in [3.63, 3.8) is 0 Å². The number of hydrogen-bond donors (Lipinski definition) is 2. The summed E-state index contributed by atoms with van der Waals surface area (Å²) in [5, 5.41) is 8.50. The highest BCUT2D eigenvalue weighted by Gasteiger charge is 2.29. The summed E-state index contributed by atoms with van der Waals surface area (Å²) in [5.74, 6) is -1.01. The molecule has 1 unspecified atom stereocenters. The first-order chi connectivity index (χ1) is 4.22. The molecule has 0 bridgehead atoms. The summed E-state index contributed by atoms with van der Waals surface area (Å²) in [6.07, 6.45) is 2.60. The van der Waals surface area contributed by atoms with Gasteiger partial charge in [0, 0.05) is 6.04 Å². The van der Waals surface area contributed by atoms with Crippen molar-refractivity contribution in [2.24, 2.45) is 11.7 Å². The van der Waals surface area contributed by atoms with Crippen molar-refractivity contribution < 1.29 is 9.90 Å². The van der Waals surface area contributed by atoms with E-state index in [4.69, 9.17) is 10.8 Å². The van der Waals surface area contributed by atoms with E-state index in [1.165, 1.54) is 0 Å². The van der Waals surface area contributed by atoms with Crippen LogP contribution in [0.1, 0.15) is 19.3 Å². The third kappa shape index (κ3) is 1.21. The minimum Gasteiger partial charge on any atom is -0.481 e. The van der Waals surface area contributed by atoms with Crippen LogP contribution in [0.4, 0.5) is 0 Å². The Balaban J connectivity index is 2.49. The molecule has 9 heavy (non-hydrogen) atoms. The van der Waals surface area contributed by atoms with Gasteiger partial charge in [-0.15, -0.1) is 0 Å². The van der Waals surface area contributed by atoms with E-state index >= 15 is 0 Å². The summed E-state index contributed by atoms with van der Waals surface area (Å²) in [7, 11) is 0. The summed E-state index contributed by atoms with van der Waals surface area (Å²) in [6.45, 7) is 0. The molecule has 2 atom stereocenters. The SMILES string of the molecule is N[C@H]1CCCC1C(=O)O. The van der Waals surface area contributed by atoms with Crippen LogP contribution in [0.25, 0.3) is 0 Å². The lowest BCUT2D eigenvalue weighted by atomic mass is 10.1. The van der Waals surface area contributed by atoms with Gasteiger partial charge in [-0.05, 0) is 12.8 Å². The lowest BCUT2D eigenvalue weighted by Crippen LogP contribution is -2.30. The number of aliphatic carboxylic acids is 1. The zero-order valence-electron chi connectivity index (χ0n) is 5.21. The van der Waals surface area contributed by atoms with Crippen LogP contribution in [-0.2, 0) is 4.79 Å². The molecule has 0 aromatic carbocycles. The summed E-state index contributed by atoms with van der Waals surface area (Å²) < 4.78 is 0. The number of carbonyl (C=O) groups is 1. The van der Waals surface area contributed by atoms with Gasteiger partial charge >= 0.3 is 5.97 Å². The van der Waals surface area contributed by atoms with Gasteiger partial charge in [-0.3, -0.25) is 4.79 Å². The van der Waals surface area contributed by atoms with Crippen molar-refractivity contribution in [1.29, 1.82) is 0 Å². The number of hydrogen-bond acceptors (Lipinski definition) is 2. The van der Waals surface area contributed by atoms with Gasteiger partial charge in [0.05, 0.1) is 5.92 Å². The summed E-state index contributed by atoms with van der Waals surface area (Å²) >= 11 is 0. The molecule has 0 aromatic heterocycles. The Morgan fingerprint density at radius 1 is 1.56 bits per heavy atom. The Morgan fingerprint density at radius 3 is 2.44 bits per heavy atom. The molecule has 0 aliphatic heterocycles. The molecule has 3 N–H and O–H groups in total. The predicted octanol–water partition coefficient (Wildman–Crippen LogP) is 0.198. The maximum absolute atomic E-state index is 10.3. The molecular formula is C6H11NO2. The first-order valence-corrected chi connectivity index (χ1v) is 3.20. The van der Waals surface area contributed by atoms with E-state index in [0.29, 0.717) is 0 Å². The molecule has 0 aromatic rings. The van der Waals surface area contributed by atoms with E-state index in [-0.39, 0.29) is 12.0 Å². The number of carboxylic acid groups (broad SMARTS) is 1. The number of carboxylic acids is 1. The molecule has 0 amide bonds. The predicted molar refractivity (Wildman–Crippen MR) is 33.0 cm³/mol. The van der Waals surface area contributed by atoms with Crippen molar-refractivity contribution in [3.05, 3.63) is 0 Å². The molecule has 1 saturated carbocycles. The molecule has 3 nitrogen and oxygen atoms in total. The van der Waals surface area contributed by atoms with Gasteiger partial charge < -0.3 is 10.8 Å².